The first-order valence-electron chi connectivity index (χ1n) is 9.81. The summed E-state index contributed by atoms with van der Waals surface area (Å²) in [5.74, 6) is -0.381. The van der Waals surface area contributed by atoms with Crippen molar-refractivity contribution in [1.29, 1.82) is 0 Å². The van der Waals surface area contributed by atoms with Crippen molar-refractivity contribution >= 4 is 22.6 Å². The number of pyridine rings is 1. The Bertz CT molecular complexity index is 829. The number of fused-ring (bicyclic) bond motifs is 3. The van der Waals surface area contributed by atoms with Gasteiger partial charge < -0.3 is 10.1 Å². The van der Waals surface area contributed by atoms with Gasteiger partial charge in [-0.1, -0.05) is 0 Å². The first-order valence-corrected chi connectivity index (χ1v) is 9.81. The van der Waals surface area contributed by atoms with E-state index < -0.39 is 0 Å². The Morgan fingerprint density at radius 2 is 2.07 bits per heavy atom. The molecule has 6 heteroatoms. The molecule has 3 atom stereocenters. The number of esters is 1. The number of halogens is 1. The molecule has 1 N–H and O–H groups in total. The lowest BCUT2D eigenvalue weighted by Crippen LogP contribution is -2.53. The van der Waals surface area contributed by atoms with Gasteiger partial charge in [-0.25, -0.2) is 4.39 Å². The fourth-order valence-corrected chi connectivity index (χ4v) is 4.81. The van der Waals surface area contributed by atoms with Gasteiger partial charge in [0.1, 0.15) is 11.9 Å². The molecule has 2 aliphatic heterocycles. The quantitative estimate of drug-likeness (QED) is 0.812. The SMILES string of the molecule is CCOC(=O)C(C)N1C2CCC1CC(Nc1ccnc3ccc(F)cc13)C2. The lowest BCUT2D eigenvalue weighted by molar-refractivity contribution is -0.150. The molecule has 5 nitrogen and oxygen atoms in total. The average molecular weight is 371 g/mol. The number of anilines is 1. The Hall–Kier alpha value is -2.21. The highest BCUT2D eigenvalue weighted by atomic mass is 19.1. The van der Waals surface area contributed by atoms with E-state index in [4.69, 9.17) is 4.74 Å². The molecule has 3 unspecified atom stereocenters. The summed E-state index contributed by atoms with van der Waals surface area (Å²) in [4.78, 5) is 18.9. The summed E-state index contributed by atoms with van der Waals surface area (Å²) in [5, 5.41) is 4.43. The number of rotatable bonds is 5. The maximum absolute atomic E-state index is 13.7. The maximum Gasteiger partial charge on any atom is 0.323 e. The van der Waals surface area contributed by atoms with E-state index in [1.54, 1.807) is 12.3 Å². The Labute approximate surface area is 158 Å². The van der Waals surface area contributed by atoms with Gasteiger partial charge in [-0.3, -0.25) is 14.7 Å². The van der Waals surface area contributed by atoms with Crippen LogP contribution < -0.4 is 5.32 Å². The van der Waals surface area contributed by atoms with Gasteiger partial charge in [0, 0.05) is 35.4 Å². The van der Waals surface area contributed by atoms with Crippen molar-refractivity contribution in [3.63, 3.8) is 0 Å². The summed E-state index contributed by atoms with van der Waals surface area (Å²) in [6.07, 6.45) is 5.92. The summed E-state index contributed by atoms with van der Waals surface area (Å²) < 4.78 is 18.9. The molecule has 4 rings (SSSR count). The zero-order valence-electron chi connectivity index (χ0n) is 15.8. The lowest BCUT2D eigenvalue weighted by Gasteiger charge is -2.42. The lowest BCUT2D eigenvalue weighted by atomic mass is 9.95. The summed E-state index contributed by atoms with van der Waals surface area (Å²) in [5.41, 5.74) is 1.72. The van der Waals surface area contributed by atoms with Crippen LogP contribution in [0.4, 0.5) is 10.1 Å². The van der Waals surface area contributed by atoms with Crippen LogP contribution in [0.15, 0.2) is 30.5 Å². The predicted molar refractivity (Wildman–Crippen MR) is 103 cm³/mol. The average Bonchev–Trinajstić information content (AvgIpc) is 2.92. The van der Waals surface area contributed by atoms with E-state index in [2.05, 4.69) is 15.2 Å². The molecule has 0 radical (unpaired) electrons. The number of carbonyl (C=O) groups excluding carboxylic acids is 1. The Morgan fingerprint density at radius 1 is 1.33 bits per heavy atom. The van der Waals surface area contributed by atoms with Crippen LogP contribution in [-0.4, -0.2) is 46.6 Å². The molecule has 0 amide bonds. The second-order valence-electron chi connectivity index (χ2n) is 7.59. The van der Waals surface area contributed by atoms with Gasteiger partial charge in [0.15, 0.2) is 0 Å². The van der Waals surface area contributed by atoms with E-state index in [-0.39, 0.29) is 17.8 Å². The van der Waals surface area contributed by atoms with Crippen molar-refractivity contribution in [2.24, 2.45) is 0 Å². The summed E-state index contributed by atoms with van der Waals surface area (Å²) in [6, 6.07) is 7.48. The number of nitrogens with one attached hydrogen (secondary N) is 1. The van der Waals surface area contributed by atoms with Crippen LogP contribution in [0.5, 0.6) is 0 Å². The van der Waals surface area contributed by atoms with Crippen LogP contribution in [0.25, 0.3) is 10.9 Å². The molecule has 0 spiro atoms. The molecule has 144 valence electrons. The van der Waals surface area contributed by atoms with E-state index in [0.717, 1.165) is 42.3 Å². The molecule has 27 heavy (non-hydrogen) atoms. The van der Waals surface area contributed by atoms with Crippen LogP contribution >= 0.6 is 0 Å². The number of nitrogens with zero attached hydrogens (tertiary/aromatic N) is 2. The van der Waals surface area contributed by atoms with E-state index in [1.165, 1.54) is 12.1 Å². The molecular formula is C21H26FN3O2. The number of benzene rings is 1. The Balaban J connectivity index is 1.50. The van der Waals surface area contributed by atoms with Crippen LogP contribution in [0, 0.1) is 5.82 Å². The summed E-state index contributed by atoms with van der Waals surface area (Å²) >= 11 is 0. The number of piperidine rings is 1. The molecule has 0 saturated carbocycles. The smallest absolute Gasteiger partial charge is 0.323 e. The number of ether oxygens (including phenoxy) is 1. The van der Waals surface area contributed by atoms with E-state index in [9.17, 15) is 9.18 Å². The largest absolute Gasteiger partial charge is 0.465 e. The molecule has 3 heterocycles. The third-order valence-electron chi connectivity index (χ3n) is 5.93. The van der Waals surface area contributed by atoms with E-state index in [0.29, 0.717) is 24.7 Å². The molecule has 1 aromatic carbocycles. The van der Waals surface area contributed by atoms with Crippen molar-refractivity contribution in [3.05, 3.63) is 36.3 Å². The number of hydrogen-bond donors (Lipinski definition) is 1. The fourth-order valence-electron chi connectivity index (χ4n) is 4.81. The Kier molecular flexibility index (Phi) is 5.00. The number of carbonyl (C=O) groups is 1. The highest BCUT2D eigenvalue weighted by Crippen LogP contribution is 2.39. The minimum absolute atomic E-state index is 0.128. The molecule has 2 fully saturated rings. The zero-order valence-corrected chi connectivity index (χ0v) is 15.8. The molecule has 1 aromatic heterocycles. The second-order valence-corrected chi connectivity index (χ2v) is 7.59. The molecule has 2 aromatic rings. The van der Waals surface area contributed by atoms with Crippen LogP contribution in [0.3, 0.4) is 0 Å². The van der Waals surface area contributed by atoms with Crippen LogP contribution in [0.1, 0.15) is 39.5 Å². The maximum atomic E-state index is 13.7. The van der Waals surface area contributed by atoms with Crippen molar-refractivity contribution in [2.45, 2.75) is 63.7 Å². The van der Waals surface area contributed by atoms with Crippen molar-refractivity contribution < 1.29 is 13.9 Å². The number of aromatic nitrogens is 1. The number of hydrogen-bond acceptors (Lipinski definition) is 5. The van der Waals surface area contributed by atoms with Gasteiger partial charge in [0.05, 0.1) is 12.1 Å². The summed E-state index contributed by atoms with van der Waals surface area (Å²) in [6.45, 7) is 4.22. The monoisotopic (exact) mass is 371 g/mol. The minimum atomic E-state index is -0.253. The molecule has 2 saturated heterocycles. The topological polar surface area (TPSA) is 54.5 Å². The van der Waals surface area contributed by atoms with Crippen molar-refractivity contribution in [1.82, 2.24) is 9.88 Å². The predicted octanol–water partition coefficient (Wildman–Crippen LogP) is 3.73. The summed E-state index contributed by atoms with van der Waals surface area (Å²) in [7, 11) is 0. The third-order valence-corrected chi connectivity index (χ3v) is 5.93. The van der Waals surface area contributed by atoms with Gasteiger partial charge in [0.2, 0.25) is 0 Å². The van der Waals surface area contributed by atoms with Crippen LogP contribution in [0.2, 0.25) is 0 Å². The Morgan fingerprint density at radius 3 is 2.78 bits per heavy atom. The highest BCUT2D eigenvalue weighted by molar-refractivity contribution is 5.91. The zero-order chi connectivity index (χ0) is 19.0. The third kappa shape index (κ3) is 3.50. The van der Waals surface area contributed by atoms with E-state index in [1.807, 2.05) is 19.9 Å². The van der Waals surface area contributed by atoms with Crippen LogP contribution in [-0.2, 0) is 9.53 Å². The first kappa shape index (κ1) is 18.2. The molecule has 2 aliphatic rings. The molecule has 2 bridgehead atoms. The molecule has 0 aliphatic carbocycles. The van der Waals surface area contributed by atoms with Gasteiger partial charge in [0.25, 0.3) is 0 Å². The van der Waals surface area contributed by atoms with E-state index >= 15 is 0 Å². The normalized spacial score (nSPS) is 26.1. The minimum Gasteiger partial charge on any atom is -0.465 e. The highest BCUT2D eigenvalue weighted by Gasteiger charge is 2.44. The van der Waals surface area contributed by atoms with Gasteiger partial charge in [-0.2, -0.15) is 0 Å². The van der Waals surface area contributed by atoms with Crippen molar-refractivity contribution in [3.8, 4) is 0 Å². The molecular weight excluding hydrogens is 345 g/mol. The van der Waals surface area contributed by atoms with Gasteiger partial charge in [-0.15, -0.1) is 0 Å². The van der Waals surface area contributed by atoms with Gasteiger partial charge >= 0.3 is 5.97 Å². The van der Waals surface area contributed by atoms with Gasteiger partial charge in [-0.05, 0) is 63.8 Å². The van der Waals surface area contributed by atoms with Crippen molar-refractivity contribution in [2.75, 3.05) is 11.9 Å². The second kappa shape index (κ2) is 7.43. The fraction of sp³-hybridized carbons (Fsp3) is 0.524. The standard InChI is InChI=1S/C21H26FN3O2/c1-3-27-21(26)13(2)25-16-5-6-17(25)12-15(11-16)24-20-8-9-23-19-7-4-14(22)10-18(19)20/h4,7-10,13,15-17H,3,5-6,11-12H2,1-2H3,(H,23,24). The first-order chi connectivity index (χ1) is 13.1.